The van der Waals surface area contributed by atoms with Gasteiger partial charge in [-0.3, -0.25) is 4.68 Å². The second kappa shape index (κ2) is 9.28. The molecule has 0 atom stereocenters. The second-order valence-corrected chi connectivity index (χ2v) is 10.1. The van der Waals surface area contributed by atoms with E-state index in [-0.39, 0.29) is 16.2 Å². The lowest BCUT2D eigenvalue weighted by Gasteiger charge is -2.16. The van der Waals surface area contributed by atoms with Crippen molar-refractivity contribution in [3.63, 3.8) is 0 Å². The van der Waals surface area contributed by atoms with E-state index in [1.54, 1.807) is 28.1 Å². The van der Waals surface area contributed by atoms with Gasteiger partial charge in [0, 0.05) is 30.3 Å². The van der Waals surface area contributed by atoms with Crippen molar-refractivity contribution in [2.75, 3.05) is 0 Å². The summed E-state index contributed by atoms with van der Waals surface area (Å²) in [5.74, 6) is 0. The quantitative estimate of drug-likeness (QED) is 0.617. The van der Waals surface area contributed by atoms with Gasteiger partial charge in [0.1, 0.15) is 0 Å². The number of aromatic nitrogens is 9. The fourth-order valence-electron chi connectivity index (χ4n) is 2.22. The molecule has 0 amide bonds. The minimum Gasteiger partial charge on any atom is -0.252 e. The minimum atomic E-state index is 0.118. The topological polar surface area (TPSA) is 103 Å². The molecule has 3 rings (SSSR count). The molecule has 3 aromatic heterocycles. The summed E-state index contributed by atoms with van der Waals surface area (Å²) in [6.07, 6.45) is 5.36. The lowest BCUT2D eigenvalue weighted by atomic mass is 9.93. The molecule has 0 saturated carbocycles. The zero-order valence-corrected chi connectivity index (χ0v) is 19.8. The van der Waals surface area contributed by atoms with Crippen LogP contribution in [0.15, 0.2) is 18.6 Å². The van der Waals surface area contributed by atoms with Crippen molar-refractivity contribution in [3.8, 4) is 0 Å². The maximum absolute atomic E-state index is 4.19. The first-order valence-electron chi connectivity index (χ1n) is 9.70. The Balaban J connectivity index is 0.000000218. The molecule has 0 radical (unpaired) electrons. The zero-order chi connectivity index (χ0) is 22.5. The highest BCUT2D eigenvalue weighted by Gasteiger charge is 2.18. The van der Waals surface area contributed by atoms with E-state index in [0.29, 0.717) is 0 Å². The van der Waals surface area contributed by atoms with E-state index >= 15 is 0 Å². The Kier molecular flexibility index (Phi) is 7.83. The van der Waals surface area contributed by atoms with Crippen LogP contribution in [0.25, 0.3) is 0 Å². The molecule has 9 heteroatoms. The van der Waals surface area contributed by atoms with Gasteiger partial charge >= 0.3 is 0 Å². The molecule has 0 unspecified atom stereocenters. The minimum absolute atomic E-state index is 0.118. The van der Waals surface area contributed by atoms with E-state index < -0.39 is 0 Å². The molecule has 0 aromatic carbocycles. The SMILES string of the molecule is CC(C)(C)c1cn[nH]n1.Cn1ncc(C(C)(C)C)n1.Cn1nncc1C(C)(C)C. The standard InChI is InChI=1S/2C7H13N3.C6H11N3/c1-7(2,3)6-5-8-9-10(6)4;1-7(2,3)6-5-8-10(4)9-6;1-6(2,3)5-4-7-9-8-5/h2*5H,1-4H3;4H,1-3H3,(H,7,8,9). The molecule has 0 fully saturated rings. The molecule has 0 saturated heterocycles. The number of hydrogen-bond donors (Lipinski definition) is 1. The molecule has 162 valence electrons. The molecule has 3 aromatic rings. The molecule has 3 heterocycles. The summed E-state index contributed by atoms with van der Waals surface area (Å²) in [6.45, 7) is 19.1. The van der Waals surface area contributed by atoms with E-state index in [2.05, 4.69) is 98.2 Å². The molecule has 1 N–H and O–H groups in total. The number of aromatic amines is 1. The predicted octanol–water partition coefficient (Wildman–Crippen LogP) is 3.33. The lowest BCUT2D eigenvalue weighted by Crippen LogP contribution is -2.16. The first-order chi connectivity index (χ1) is 13.1. The first-order valence-corrected chi connectivity index (χ1v) is 9.70. The van der Waals surface area contributed by atoms with Gasteiger partial charge in [-0.25, -0.2) is 0 Å². The monoisotopic (exact) mass is 403 g/mol. The van der Waals surface area contributed by atoms with Crippen molar-refractivity contribution in [2.45, 2.75) is 78.6 Å². The van der Waals surface area contributed by atoms with Crippen molar-refractivity contribution in [1.82, 2.24) is 45.4 Å². The maximum Gasteiger partial charge on any atom is 0.0880 e. The molecule has 0 aliphatic heterocycles. The van der Waals surface area contributed by atoms with Crippen LogP contribution in [0.3, 0.4) is 0 Å². The van der Waals surface area contributed by atoms with E-state index in [1.807, 2.05) is 14.1 Å². The van der Waals surface area contributed by atoms with Crippen molar-refractivity contribution in [3.05, 3.63) is 35.7 Å². The molecule has 0 aliphatic carbocycles. The van der Waals surface area contributed by atoms with Gasteiger partial charge in [-0.1, -0.05) is 67.5 Å². The average molecular weight is 404 g/mol. The van der Waals surface area contributed by atoms with Crippen molar-refractivity contribution >= 4 is 0 Å². The van der Waals surface area contributed by atoms with Crippen LogP contribution in [-0.2, 0) is 30.3 Å². The van der Waals surface area contributed by atoms with Crippen molar-refractivity contribution in [1.29, 1.82) is 0 Å². The fraction of sp³-hybridized carbons (Fsp3) is 0.700. The summed E-state index contributed by atoms with van der Waals surface area (Å²) in [4.78, 5) is 1.58. The Bertz CT molecular complexity index is 838. The summed E-state index contributed by atoms with van der Waals surface area (Å²) in [5.41, 5.74) is 3.59. The van der Waals surface area contributed by atoms with Crippen LogP contribution in [-0.4, -0.2) is 45.4 Å². The molecular weight excluding hydrogens is 366 g/mol. The van der Waals surface area contributed by atoms with Crippen LogP contribution in [0, 0.1) is 0 Å². The predicted molar refractivity (Wildman–Crippen MR) is 114 cm³/mol. The van der Waals surface area contributed by atoms with Crippen LogP contribution >= 0.6 is 0 Å². The number of nitrogens with zero attached hydrogens (tertiary/aromatic N) is 8. The third-order valence-electron chi connectivity index (χ3n) is 4.03. The molecule has 0 bridgehead atoms. The van der Waals surface area contributed by atoms with Crippen LogP contribution < -0.4 is 0 Å². The summed E-state index contributed by atoms with van der Waals surface area (Å²) in [6, 6.07) is 0. The summed E-state index contributed by atoms with van der Waals surface area (Å²) >= 11 is 0. The number of hydrogen-bond acceptors (Lipinski definition) is 6. The van der Waals surface area contributed by atoms with Gasteiger partial charge in [0.15, 0.2) is 0 Å². The number of rotatable bonds is 0. The van der Waals surface area contributed by atoms with Gasteiger partial charge in [-0.15, -0.1) is 5.10 Å². The fourth-order valence-corrected chi connectivity index (χ4v) is 2.22. The van der Waals surface area contributed by atoms with Crippen LogP contribution in [0.1, 0.15) is 79.4 Å². The molecule has 29 heavy (non-hydrogen) atoms. The Hall–Kier alpha value is -2.58. The lowest BCUT2D eigenvalue weighted by molar-refractivity contribution is 0.520. The second-order valence-electron chi connectivity index (χ2n) is 10.1. The Labute approximate surface area is 174 Å². The van der Waals surface area contributed by atoms with Gasteiger partial charge in [0.25, 0.3) is 0 Å². The van der Waals surface area contributed by atoms with Crippen molar-refractivity contribution in [2.24, 2.45) is 14.1 Å². The van der Waals surface area contributed by atoms with E-state index in [0.717, 1.165) is 17.1 Å². The Morgan fingerprint density at radius 1 is 0.759 bits per heavy atom. The van der Waals surface area contributed by atoms with E-state index in [9.17, 15) is 0 Å². The smallest absolute Gasteiger partial charge is 0.0880 e. The Morgan fingerprint density at radius 3 is 1.55 bits per heavy atom. The van der Waals surface area contributed by atoms with Gasteiger partial charge in [-0.2, -0.15) is 30.4 Å². The normalized spacial score (nSPS) is 12.0. The van der Waals surface area contributed by atoms with Crippen LogP contribution in [0.5, 0.6) is 0 Å². The van der Waals surface area contributed by atoms with Crippen molar-refractivity contribution < 1.29 is 0 Å². The van der Waals surface area contributed by atoms with Crippen LogP contribution in [0.4, 0.5) is 0 Å². The molecule has 0 aliphatic rings. The van der Waals surface area contributed by atoms with Gasteiger partial charge in [-0.05, 0) is 0 Å². The third-order valence-corrected chi connectivity index (χ3v) is 4.03. The van der Waals surface area contributed by atoms with E-state index in [1.165, 1.54) is 0 Å². The zero-order valence-electron chi connectivity index (χ0n) is 19.8. The summed E-state index contributed by atoms with van der Waals surface area (Å²) in [5, 5.41) is 26.1. The van der Waals surface area contributed by atoms with Crippen LogP contribution in [0.2, 0.25) is 0 Å². The molecular formula is C20H37N9. The largest absolute Gasteiger partial charge is 0.252 e. The molecule has 9 nitrogen and oxygen atoms in total. The third kappa shape index (κ3) is 8.13. The number of aryl methyl sites for hydroxylation is 2. The van der Waals surface area contributed by atoms with E-state index in [4.69, 9.17) is 0 Å². The van der Waals surface area contributed by atoms with Gasteiger partial charge in [0.2, 0.25) is 0 Å². The highest BCUT2D eigenvalue weighted by molar-refractivity contribution is 5.07. The number of nitrogens with one attached hydrogen (secondary N) is 1. The number of H-pyrrole nitrogens is 1. The first kappa shape index (κ1) is 24.5. The summed E-state index contributed by atoms with van der Waals surface area (Å²) in [7, 11) is 3.74. The van der Waals surface area contributed by atoms with Gasteiger partial charge in [0.05, 0.1) is 35.7 Å². The maximum atomic E-state index is 4.19. The highest BCUT2D eigenvalue weighted by Crippen LogP contribution is 2.19. The highest BCUT2D eigenvalue weighted by atomic mass is 15.4. The summed E-state index contributed by atoms with van der Waals surface area (Å²) < 4.78 is 1.81. The molecule has 0 spiro atoms. The average Bonchev–Trinajstić information content (AvgIpc) is 3.25. The van der Waals surface area contributed by atoms with Gasteiger partial charge < -0.3 is 0 Å². The Morgan fingerprint density at radius 2 is 1.34 bits per heavy atom.